The Labute approximate surface area is 194 Å². The number of anilines is 1. The maximum Gasteiger partial charge on any atom is 0.237 e. The lowest BCUT2D eigenvalue weighted by Gasteiger charge is -2.37. The molecule has 9 heteroatoms. The Bertz CT molecular complexity index is 1000. The van der Waals surface area contributed by atoms with Crippen LogP contribution in [-0.2, 0) is 21.2 Å². The van der Waals surface area contributed by atoms with Crippen LogP contribution in [0.2, 0.25) is 0 Å². The molecule has 1 aromatic carbocycles. The fourth-order valence-electron chi connectivity index (χ4n) is 4.44. The van der Waals surface area contributed by atoms with Gasteiger partial charge in [-0.1, -0.05) is 18.2 Å². The molecule has 1 unspecified atom stereocenters. The van der Waals surface area contributed by atoms with Gasteiger partial charge < -0.3 is 14.5 Å². The largest absolute Gasteiger partial charge is 0.492 e. The van der Waals surface area contributed by atoms with Gasteiger partial charge >= 0.3 is 0 Å². The summed E-state index contributed by atoms with van der Waals surface area (Å²) in [7, 11) is -3.06. The zero-order valence-corrected chi connectivity index (χ0v) is 20.1. The third-order valence-corrected chi connectivity index (χ3v) is 8.72. The van der Waals surface area contributed by atoms with Crippen molar-refractivity contribution in [3.63, 3.8) is 0 Å². The Morgan fingerprint density at radius 3 is 2.59 bits per heavy atom. The number of ether oxygens (including phenoxy) is 1. The summed E-state index contributed by atoms with van der Waals surface area (Å²) in [6.45, 7) is 6.62. The Hall–Kier alpha value is -2.10. The fourth-order valence-corrected chi connectivity index (χ4v) is 6.87. The molecule has 0 aliphatic carbocycles. The first kappa shape index (κ1) is 23.1. The Morgan fingerprint density at radius 1 is 1.16 bits per heavy atom. The number of amides is 1. The van der Waals surface area contributed by atoms with Crippen LogP contribution in [0.1, 0.15) is 18.2 Å². The molecule has 1 atom stereocenters. The summed E-state index contributed by atoms with van der Waals surface area (Å²) < 4.78 is 29.9. The molecule has 0 saturated carbocycles. The SMILES string of the molecule is CCOc1ccccc1N1CCN(CC(=O)N(Cc2cccs2)C2CCS(=O)(=O)C2)CC1. The van der Waals surface area contributed by atoms with E-state index in [2.05, 4.69) is 15.9 Å². The van der Waals surface area contributed by atoms with Crippen molar-refractivity contribution < 1.29 is 17.9 Å². The number of carbonyl (C=O) groups is 1. The molecule has 174 valence electrons. The molecule has 0 bridgehead atoms. The van der Waals surface area contributed by atoms with Crippen molar-refractivity contribution in [2.45, 2.75) is 25.9 Å². The van der Waals surface area contributed by atoms with Crippen LogP contribution in [0.5, 0.6) is 5.75 Å². The van der Waals surface area contributed by atoms with Crippen molar-refractivity contribution >= 4 is 32.8 Å². The van der Waals surface area contributed by atoms with Gasteiger partial charge in [-0.05, 0) is 36.9 Å². The molecule has 2 saturated heterocycles. The van der Waals surface area contributed by atoms with Crippen LogP contribution >= 0.6 is 11.3 Å². The maximum atomic E-state index is 13.3. The highest BCUT2D eigenvalue weighted by molar-refractivity contribution is 7.91. The van der Waals surface area contributed by atoms with E-state index in [1.807, 2.05) is 42.6 Å². The lowest BCUT2D eigenvalue weighted by molar-refractivity contribution is -0.135. The lowest BCUT2D eigenvalue weighted by atomic mass is 10.2. The summed E-state index contributed by atoms with van der Waals surface area (Å²) in [5.74, 6) is 1.16. The van der Waals surface area contributed by atoms with Crippen LogP contribution in [-0.4, -0.2) is 81.0 Å². The first-order valence-corrected chi connectivity index (χ1v) is 13.9. The lowest BCUT2D eigenvalue weighted by Crippen LogP contribution is -2.51. The van der Waals surface area contributed by atoms with Crippen LogP contribution in [0.4, 0.5) is 5.69 Å². The highest BCUT2D eigenvalue weighted by atomic mass is 32.2. The first-order chi connectivity index (χ1) is 15.4. The van der Waals surface area contributed by atoms with Gasteiger partial charge in [0, 0.05) is 37.1 Å². The molecular weight excluding hydrogens is 446 g/mol. The van der Waals surface area contributed by atoms with E-state index in [9.17, 15) is 13.2 Å². The molecule has 7 nitrogen and oxygen atoms in total. The quantitative estimate of drug-likeness (QED) is 0.582. The van der Waals surface area contributed by atoms with E-state index in [1.165, 1.54) is 0 Å². The monoisotopic (exact) mass is 477 g/mol. The van der Waals surface area contributed by atoms with Crippen molar-refractivity contribution in [3.05, 3.63) is 46.7 Å². The Kier molecular flexibility index (Phi) is 7.37. The van der Waals surface area contributed by atoms with Crippen LogP contribution in [0.3, 0.4) is 0 Å². The summed E-state index contributed by atoms with van der Waals surface area (Å²) in [5, 5.41) is 1.99. The van der Waals surface area contributed by atoms with Crippen molar-refractivity contribution in [1.82, 2.24) is 9.80 Å². The van der Waals surface area contributed by atoms with Gasteiger partial charge in [0.1, 0.15) is 5.75 Å². The van der Waals surface area contributed by atoms with Gasteiger partial charge in [0.05, 0.1) is 36.9 Å². The van der Waals surface area contributed by atoms with Gasteiger partial charge in [-0.3, -0.25) is 9.69 Å². The Balaban J connectivity index is 1.38. The number of thiophene rings is 1. The third kappa shape index (κ3) is 5.63. The maximum absolute atomic E-state index is 13.3. The van der Waals surface area contributed by atoms with Gasteiger partial charge in [0.2, 0.25) is 5.91 Å². The van der Waals surface area contributed by atoms with Gasteiger partial charge in [-0.2, -0.15) is 0 Å². The van der Waals surface area contributed by atoms with E-state index in [0.29, 0.717) is 26.1 Å². The second-order valence-electron chi connectivity index (χ2n) is 8.32. The number of carbonyl (C=O) groups excluding carboxylic acids is 1. The fraction of sp³-hybridized carbons (Fsp3) is 0.522. The number of piperazine rings is 1. The second-order valence-corrected chi connectivity index (χ2v) is 11.6. The molecule has 1 amide bonds. The topological polar surface area (TPSA) is 70.2 Å². The molecule has 4 rings (SSSR count). The highest BCUT2D eigenvalue weighted by Crippen LogP contribution is 2.29. The van der Waals surface area contributed by atoms with E-state index in [1.54, 1.807) is 16.2 Å². The summed E-state index contributed by atoms with van der Waals surface area (Å²) in [4.78, 5) is 20.6. The summed E-state index contributed by atoms with van der Waals surface area (Å²) >= 11 is 1.60. The number of para-hydroxylation sites is 2. The Morgan fingerprint density at radius 2 is 1.94 bits per heavy atom. The average molecular weight is 478 g/mol. The minimum absolute atomic E-state index is 0.0173. The minimum atomic E-state index is -3.06. The number of hydrogen-bond donors (Lipinski definition) is 0. The number of rotatable bonds is 8. The molecule has 2 aromatic rings. The molecule has 0 spiro atoms. The molecule has 2 fully saturated rings. The zero-order valence-electron chi connectivity index (χ0n) is 18.5. The zero-order chi connectivity index (χ0) is 22.6. The molecule has 1 aromatic heterocycles. The van der Waals surface area contributed by atoms with Crippen LogP contribution < -0.4 is 9.64 Å². The number of hydrogen-bond acceptors (Lipinski definition) is 7. The number of benzene rings is 1. The van der Waals surface area contributed by atoms with E-state index >= 15 is 0 Å². The van der Waals surface area contributed by atoms with E-state index in [4.69, 9.17) is 4.74 Å². The molecule has 0 N–H and O–H groups in total. The van der Waals surface area contributed by atoms with Gasteiger partial charge in [0.15, 0.2) is 9.84 Å². The molecule has 2 aliphatic rings. The predicted molar refractivity (Wildman–Crippen MR) is 128 cm³/mol. The van der Waals surface area contributed by atoms with Crippen molar-refractivity contribution in [2.75, 3.05) is 55.7 Å². The molecule has 3 heterocycles. The van der Waals surface area contributed by atoms with Crippen molar-refractivity contribution in [1.29, 1.82) is 0 Å². The van der Waals surface area contributed by atoms with E-state index < -0.39 is 9.84 Å². The van der Waals surface area contributed by atoms with Crippen molar-refractivity contribution in [3.8, 4) is 5.75 Å². The minimum Gasteiger partial charge on any atom is -0.492 e. The summed E-state index contributed by atoms with van der Waals surface area (Å²) in [6.07, 6.45) is 0.529. The third-order valence-electron chi connectivity index (χ3n) is 6.11. The average Bonchev–Trinajstić information content (AvgIpc) is 3.42. The van der Waals surface area contributed by atoms with Gasteiger partial charge in [-0.15, -0.1) is 11.3 Å². The smallest absolute Gasteiger partial charge is 0.237 e. The number of sulfone groups is 1. The van der Waals surface area contributed by atoms with Crippen LogP contribution in [0, 0.1) is 0 Å². The highest BCUT2D eigenvalue weighted by Gasteiger charge is 2.35. The molecule has 2 aliphatic heterocycles. The van der Waals surface area contributed by atoms with Gasteiger partial charge in [0.25, 0.3) is 0 Å². The predicted octanol–water partition coefficient (Wildman–Crippen LogP) is 2.48. The van der Waals surface area contributed by atoms with E-state index in [-0.39, 0.29) is 23.5 Å². The van der Waals surface area contributed by atoms with Gasteiger partial charge in [-0.25, -0.2) is 8.42 Å². The van der Waals surface area contributed by atoms with Crippen LogP contribution in [0.15, 0.2) is 41.8 Å². The molecular formula is C23H31N3O4S2. The summed E-state index contributed by atoms with van der Waals surface area (Å²) in [5.41, 5.74) is 1.09. The normalized spacial score (nSPS) is 20.9. The number of nitrogens with zero attached hydrogens (tertiary/aromatic N) is 3. The molecule has 0 radical (unpaired) electrons. The van der Waals surface area contributed by atoms with Crippen LogP contribution in [0.25, 0.3) is 0 Å². The summed E-state index contributed by atoms with van der Waals surface area (Å²) in [6, 6.07) is 11.8. The second kappa shape index (κ2) is 10.2. The van der Waals surface area contributed by atoms with Crippen molar-refractivity contribution in [2.24, 2.45) is 0 Å². The first-order valence-electron chi connectivity index (χ1n) is 11.2. The molecule has 32 heavy (non-hydrogen) atoms. The van der Waals surface area contributed by atoms with E-state index in [0.717, 1.165) is 42.5 Å². The standard InChI is InChI=1S/C23H31N3O4S2/c1-2-30-22-8-4-3-7-21(22)25-12-10-24(11-13-25)17-23(27)26(16-20-6-5-14-31-20)19-9-15-32(28,29)18-19/h3-8,14,19H,2,9-13,15-18H2,1H3.